The van der Waals surface area contributed by atoms with Crippen molar-refractivity contribution in [2.45, 2.75) is 31.6 Å². The Bertz CT molecular complexity index is 688. The highest BCUT2D eigenvalue weighted by Crippen LogP contribution is 2.12. The average molecular weight is 309 g/mol. The summed E-state index contributed by atoms with van der Waals surface area (Å²) >= 11 is 0. The zero-order valence-corrected chi connectivity index (χ0v) is 12.9. The Morgan fingerprint density at radius 1 is 1.24 bits per heavy atom. The number of benzene rings is 1. The Kier molecular flexibility index (Phi) is 4.43. The van der Waals surface area contributed by atoms with E-state index in [2.05, 4.69) is 10.1 Å². The van der Waals surface area contributed by atoms with E-state index in [0.29, 0.717) is 0 Å². The number of para-hydroxylation sites is 1. The molecule has 0 spiro atoms. The lowest BCUT2D eigenvalue weighted by molar-refractivity contribution is 0.0772. The first-order chi connectivity index (χ1) is 9.75. The van der Waals surface area contributed by atoms with Gasteiger partial charge in [0, 0.05) is 0 Å². The first-order valence-electron chi connectivity index (χ1n) is 6.64. The predicted octanol–water partition coefficient (Wildman–Crippen LogP) is 1.34. The van der Waals surface area contributed by atoms with Crippen molar-refractivity contribution in [2.75, 3.05) is 5.75 Å². The van der Waals surface area contributed by atoms with Gasteiger partial charge in [0.2, 0.25) is 0 Å². The van der Waals surface area contributed by atoms with Gasteiger partial charge in [-0.2, -0.15) is 5.10 Å². The number of aromatic nitrogens is 3. The fourth-order valence-corrected chi connectivity index (χ4v) is 3.22. The van der Waals surface area contributed by atoms with Crippen LogP contribution >= 0.6 is 0 Å². The lowest BCUT2D eigenvalue weighted by Crippen LogP contribution is -2.24. The highest BCUT2D eigenvalue weighted by atomic mass is 32.2. The Morgan fingerprint density at radius 3 is 2.52 bits per heavy atom. The smallest absolute Gasteiger partial charge is 0.166 e. The highest BCUT2D eigenvalue weighted by molar-refractivity contribution is 7.90. The second-order valence-electron chi connectivity index (χ2n) is 5.60. The third-order valence-corrected chi connectivity index (χ3v) is 4.46. The number of aliphatic hydroxyl groups is 1. The van der Waals surface area contributed by atoms with Gasteiger partial charge in [0.1, 0.15) is 12.1 Å². The molecule has 2 rings (SSSR count). The van der Waals surface area contributed by atoms with Crippen molar-refractivity contribution in [1.29, 1.82) is 0 Å². The normalized spacial score (nSPS) is 12.5. The van der Waals surface area contributed by atoms with Gasteiger partial charge in [0.15, 0.2) is 15.7 Å². The minimum absolute atomic E-state index is 0.0869. The molecule has 1 N–H and O–H groups in total. The minimum Gasteiger partial charge on any atom is -0.390 e. The Labute approximate surface area is 124 Å². The fraction of sp³-hybridized carbons (Fsp3) is 0.429. The van der Waals surface area contributed by atoms with Crippen molar-refractivity contribution < 1.29 is 13.5 Å². The van der Waals surface area contributed by atoms with Gasteiger partial charge in [-0.3, -0.25) is 0 Å². The molecule has 0 saturated heterocycles. The largest absolute Gasteiger partial charge is 0.390 e. The number of nitrogens with zero attached hydrogens (tertiary/aromatic N) is 3. The summed E-state index contributed by atoms with van der Waals surface area (Å²) in [6.07, 6.45) is 1.69. The van der Waals surface area contributed by atoms with Crippen LogP contribution < -0.4 is 0 Å². The molecule has 0 aliphatic rings. The molecule has 114 valence electrons. The third-order valence-electron chi connectivity index (χ3n) is 2.93. The van der Waals surface area contributed by atoms with Crippen LogP contribution in [0.5, 0.6) is 0 Å². The van der Waals surface area contributed by atoms with Crippen LogP contribution in [0.3, 0.4) is 0 Å². The summed E-state index contributed by atoms with van der Waals surface area (Å²) in [7, 11) is -3.34. The van der Waals surface area contributed by atoms with Gasteiger partial charge in [0.25, 0.3) is 0 Å². The molecule has 0 bridgehead atoms. The van der Waals surface area contributed by atoms with E-state index < -0.39 is 15.4 Å². The molecule has 0 aliphatic carbocycles. The van der Waals surface area contributed by atoms with Gasteiger partial charge in [-0.1, -0.05) is 18.2 Å². The summed E-state index contributed by atoms with van der Waals surface area (Å²) in [6.45, 7) is 3.18. The van der Waals surface area contributed by atoms with E-state index in [1.807, 2.05) is 30.3 Å². The second kappa shape index (κ2) is 5.95. The van der Waals surface area contributed by atoms with Crippen molar-refractivity contribution in [3.8, 4) is 5.69 Å². The molecular weight excluding hydrogens is 290 g/mol. The molecule has 0 saturated carbocycles. The molecule has 1 heterocycles. The maximum atomic E-state index is 12.0. The number of sulfone groups is 1. The summed E-state index contributed by atoms with van der Waals surface area (Å²) < 4.78 is 25.5. The molecule has 21 heavy (non-hydrogen) atoms. The minimum atomic E-state index is -3.34. The molecule has 0 radical (unpaired) electrons. The second-order valence-corrected chi connectivity index (χ2v) is 7.78. The molecular formula is C14H19N3O3S. The molecule has 0 unspecified atom stereocenters. The standard InChI is InChI=1S/C14H19N3O3S/c1-14(2,18)8-9-21(19,20)10-13-15-11-17(16-13)12-6-4-3-5-7-12/h3-7,11,18H,8-10H2,1-2H3. The molecule has 0 amide bonds. The number of hydrogen-bond acceptors (Lipinski definition) is 5. The lowest BCUT2D eigenvalue weighted by atomic mass is 10.1. The number of rotatable bonds is 6. The molecule has 1 aromatic carbocycles. The molecule has 1 aromatic heterocycles. The van der Waals surface area contributed by atoms with Crippen LogP contribution in [0.15, 0.2) is 36.7 Å². The zero-order chi connectivity index (χ0) is 15.5. The lowest BCUT2D eigenvalue weighted by Gasteiger charge is -2.16. The van der Waals surface area contributed by atoms with E-state index >= 15 is 0 Å². The van der Waals surface area contributed by atoms with Crippen molar-refractivity contribution in [2.24, 2.45) is 0 Å². The Balaban J connectivity index is 2.06. The van der Waals surface area contributed by atoms with E-state index in [-0.39, 0.29) is 23.8 Å². The summed E-state index contributed by atoms with van der Waals surface area (Å²) in [4.78, 5) is 4.03. The topological polar surface area (TPSA) is 85.1 Å². The van der Waals surface area contributed by atoms with Gasteiger partial charge in [-0.25, -0.2) is 18.1 Å². The van der Waals surface area contributed by atoms with Crippen molar-refractivity contribution >= 4 is 9.84 Å². The Morgan fingerprint density at radius 2 is 1.90 bits per heavy atom. The van der Waals surface area contributed by atoms with E-state index in [0.717, 1.165) is 5.69 Å². The van der Waals surface area contributed by atoms with Crippen molar-refractivity contribution in [3.63, 3.8) is 0 Å². The SMILES string of the molecule is CC(C)(O)CCS(=O)(=O)Cc1ncn(-c2ccccc2)n1. The molecule has 0 atom stereocenters. The van der Waals surface area contributed by atoms with Crippen LogP contribution in [0.4, 0.5) is 0 Å². The van der Waals surface area contributed by atoms with Gasteiger partial charge in [0.05, 0.1) is 17.0 Å². The molecule has 2 aromatic rings. The van der Waals surface area contributed by atoms with Crippen LogP contribution in [0.25, 0.3) is 5.69 Å². The first-order valence-corrected chi connectivity index (χ1v) is 8.46. The third kappa shape index (κ3) is 4.95. The summed E-state index contributed by atoms with van der Waals surface area (Å²) in [5, 5.41) is 13.8. The number of hydrogen-bond donors (Lipinski definition) is 1. The van der Waals surface area contributed by atoms with Gasteiger partial charge in [-0.05, 0) is 32.4 Å². The van der Waals surface area contributed by atoms with Crippen molar-refractivity contribution in [3.05, 3.63) is 42.5 Å². The maximum absolute atomic E-state index is 12.0. The fourth-order valence-electron chi connectivity index (χ4n) is 1.74. The molecule has 7 heteroatoms. The monoisotopic (exact) mass is 309 g/mol. The Hall–Kier alpha value is -1.73. The van der Waals surface area contributed by atoms with Crippen LogP contribution in [-0.2, 0) is 15.6 Å². The van der Waals surface area contributed by atoms with Crippen molar-refractivity contribution in [1.82, 2.24) is 14.8 Å². The predicted molar refractivity (Wildman–Crippen MR) is 79.8 cm³/mol. The zero-order valence-electron chi connectivity index (χ0n) is 12.1. The maximum Gasteiger partial charge on any atom is 0.166 e. The van der Waals surface area contributed by atoms with Gasteiger partial charge >= 0.3 is 0 Å². The summed E-state index contributed by atoms with van der Waals surface area (Å²) in [6, 6.07) is 9.36. The van der Waals surface area contributed by atoms with Gasteiger partial charge < -0.3 is 5.11 Å². The highest BCUT2D eigenvalue weighted by Gasteiger charge is 2.21. The summed E-state index contributed by atoms with van der Waals surface area (Å²) in [5.74, 6) is -0.0474. The molecule has 6 nitrogen and oxygen atoms in total. The van der Waals surface area contributed by atoms with Crippen LogP contribution in [0, 0.1) is 0 Å². The summed E-state index contributed by atoms with van der Waals surface area (Å²) in [5.41, 5.74) is -0.172. The van der Waals surface area contributed by atoms with E-state index in [1.54, 1.807) is 18.5 Å². The van der Waals surface area contributed by atoms with Gasteiger partial charge in [-0.15, -0.1) is 0 Å². The van der Waals surface area contributed by atoms with Crippen LogP contribution in [0.1, 0.15) is 26.1 Å². The average Bonchev–Trinajstić information content (AvgIpc) is 2.85. The van der Waals surface area contributed by atoms with E-state index in [9.17, 15) is 13.5 Å². The quantitative estimate of drug-likeness (QED) is 0.870. The van der Waals surface area contributed by atoms with Crippen LogP contribution in [0.2, 0.25) is 0 Å². The van der Waals surface area contributed by atoms with E-state index in [4.69, 9.17) is 0 Å². The van der Waals surface area contributed by atoms with Crippen LogP contribution in [-0.4, -0.2) is 39.6 Å². The van der Waals surface area contributed by atoms with E-state index in [1.165, 1.54) is 6.33 Å². The first kappa shape index (κ1) is 15.7. The molecule has 0 fully saturated rings. The molecule has 0 aliphatic heterocycles.